The maximum absolute atomic E-state index is 12.6. The summed E-state index contributed by atoms with van der Waals surface area (Å²) in [5.74, 6) is 0.853. The van der Waals surface area contributed by atoms with Crippen molar-refractivity contribution in [2.75, 3.05) is 51.8 Å². The number of thioether (sulfide) groups is 1. The second-order valence-corrected chi connectivity index (χ2v) is 8.42. The highest BCUT2D eigenvalue weighted by molar-refractivity contribution is 7.98. The van der Waals surface area contributed by atoms with Gasteiger partial charge in [-0.2, -0.15) is 11.8 Å². The minimum absolute atomic E-state index is 0.0446. The lowest BCUT2D eigenvalue weighted by Gasteiger charge is -2.39. The van der Waals surface area contributed by atoms with Crippen LogP contribution in [0.2, 0.25) is 0 Å². The van der Waals surface area contributed by atoms with Crippen molar-refractivity contribution in [1.82, 2.24) is 20.4 Å². The van der Waals surface area contributed by atoms with Crippen molar-refractivity contribution in [3.05, 3.63) is 0 Å². The first-order chi connectivity index (χ1) is 12.4. The van der Waals surface area contributed by atoms with Gasteiger partial charge in [-0.1, -0.05) is 19.3 Å². The summed E-state index contributed by atoms with van der Waals surface area (Å²) in [7, 11) is 1.79. The Balaban J connectivity index is 1.86. The third-order valence-electron chi connectivity index (χ3n) is 5.28. The summed E-state index contributed by atoms with van der Waals surface area (Å²) in [6, 6.07) is 0. The molecule has 0 aromatic rings. The number of amides is 3. The fraction of sp³-hybridized carbons (Fsp3) is 0.833. The summed E-state index contributed by atoms with van der Waals surface area (Å²) in [6.07, 6.45) is 7.58. The van der Waals surface area contributed by atoms with Crippen LogP contribution in [0.1, 0.15) is 38.5 Å². The van der Waals surface area contributed by atoms with E-state index >= 15 is 0 Å². The molecule has 1 aliphatic heterocycles. The first-order valence-electron chi connectivity index (χ1n) is 9.47. The molecule has 1 heterocycles. The molecule has 1 saturated carbocycles. The quantitative estimate of drug-likeness (QED) is 0.635. The van der Waals surface area contributed by atoms with E-state index < -0.39 is 0 Å². The van der Waals surface area contributed by atoms with Crippen molar-refractivity contribution in [2.24, 2.45) is 0 Å². The topological polar surface area (TPSA) is 81.8 Å². The summed E-state index contributed by atoms with van der Waals surface area (Å²) >= 11 is 1.65. The van der Waals surface area contributed by atoms with E-state index in [9.17, 15) is 14.4 Å². The van der Waals surface area contributed by atoms with Crippen molar-refractivity contribution in [3.8, 4) is 0 Å². The summed E-state index contributed by atoms with van der Waals surface area (Å²) in [4.78, 5) is 40.0. The minimum Gasteiger partial charge on any atom is -0.354 e. The lowest BCUT2D eigenvalue weighted by Crippen LogP contribution is -2.59. The second kappa shape index (κ2) is 10.2. The molecule has 0 atom stereocenters. The van der Waals surface area contributed by atoms with Gasteiger partial charge in [0, 0.05) is 38.9 Å². The summed E-state index contributed by atoms with van der Waals surface area (Å²) in [5.41, 5.74) is -0.346. The van der Waals surface area contributed by atoms with Gasteiger partial charge in [-0.3, -0.25) is 19.3 Å². The molecule has 0 unspecified atom stereocenters. The average Bonchev–Trinajstić information content (AvgIpc) is 2.62. The molecule has 2 N–H and O–H groups in total. The summed E-state index contributed by atoms with van der Waals surface area (Å²) < 4.78 is 0. The predicted molar refractivity (Wildman–Crippen MR) is 104 cm³/mol. The van der Waals surface area contributed by atoms with Gasteiger partial charge in [0.05, 0.1) is 18.6 Å². The molecule has 7 nitrogen and oxygen atoms in total. The van der Waals surface area contributed by atoms with Crippen LogP contribution in [0.4, 0.5) is 0 Å². The molecule has 1 aliphatic carbocycles. The number of likely N-dealkylation sites (N-methyl/N-ethyl adjacent to an activating group) is 1. The molecule has 2 fully saturated rings. The van der Waals surface area contributed by atoms with Crippen LogP contribution in [-0.4, -0.2) is 84.8 Å². The Bertz CT molecular complexity index is 509. The Morgan fingerprint density at radius 2 is 1.88 bits per heavy atom. The van der Waals surface area contributed by atoms with Crippen molar-refractivity contribution in [1.29, 1.82) is 0 Å². The molecule has 8 heteroatoms. The molecule has 0 spiro atoms. The van der Waals surface area contributed by atoms with Crippen molar-refractivity contribution in [3.63, 3.8) is 0 Å². The van der Waals surface area contributed by atoms with Crippen LogP contribution in [-0.2, 0) is 14.4 Å². The van der Waals surface area contributed by atoms with Gasteiger partial charge in [0.15, 0.2) is 0 Å². The third-order valence-corrected chi connectivity index (χ3v) is 5.89. The Hall–Kier alpha value is -1.28. The van der Waals surface area contributed by atoms with Gasteiger partial charge in [0.1, 0.15) is 0 Å². The number of nitrogens with zero attached hydrogens (tertiary/aromatic N) is 2. The molecule has 148 valence electrons. The fourth-order valence-electron chi connectivity index (χ4n) is 3.61. The number of carbonyl (C=O) groups excluding carboxylic acids is 3. The van der Waals surface area contributed by atoms with Gasteiger partial charge in [0.2, 0.25) is 17.7 Å². The molecule has 1 saturated heterocycles. The largest absolute Gasteiger partial charge is 0.354 e. The van der Waals surface area contributed by atoms with Crippen molar-refractivity contribution in [2.45, 2.75) is 44.1 Å². The molecule has 3 amide bonds. The number of hydrogen-bond acceptors (Lipinski definition) is 5. The van der Waals surface area contributed by atoms with E-state index in [1.807, 2.05) is 11.2 Å². The lowest BCUT2D eigenvalue weighted by atomic mass is 9.81. The SMILES string of the molecule is CSCCC(=O)NCC1(NC(=O)CN2CCN(C)C(=O)C2)CCCCC1. The lowest BCUT2D eigenvalue weighted by molar-refractivity contribution is -0.136. The molecule has 0 radical (unpaired) electrons. The van der Waals surface area contributed by atoms with Crippen LogP contribution < -0.4 is 10.6 Å². The van der Waals surface area contributed by atoms with Gasteiger partial charge in [0.25, 0.3) is 0 Å². The zero-order chi connectivity index (χ0) is 19.0. The first kappa shape index (κ1) is 21.0. The van der Waals surface area contributed by atoms with Gasteiger partial charge in [-0.15, -0.1) is 0 Å². The van der Waals surface area contributed by atoms with E-state index in [-0.39, 0.29) is 29.8 Å². The summed E-state index contributed by atoms with van der Waals surface area (Å²) in [5, 5.41) is 6.20. The van der Waals surface area contributed by atoms with Crippen LogP contribution >= 0.6 is 11.8 Å². The number of hydrogen-bond donors (Lipinski definition) is 2. The first-order valence-corrected chi connectivity index (χ1v) is 10.9. The van der Waals surface area contributed by atoms with E-state index in [0.29, 0.717) is 32.6 Å². The molecule has 2 rings (SSSR count). The maximum atomic E-state index is 12.6. The van der Waals surface area contributed by atoms with Gasteiger partial charge >= 0.3 is 0 Å². The Labute approximate surface area is 160 Å². The highest BCUT2D eigenvalue weighted by Crippen LogP contribution is 2.27. The molecular formula is C18H32N4O3S. The van der Waals surface area contributed by atoms with E-state index in [4.69, 9.17) is 0 Å². The van der Waals surface area contributed by atoms with Gasteiger partial charge in [-0.25, -0.2) is 0 Å². The molecule has 2 aliphatic rings. The van der Waals surface area contributed by atoms with E-state index in [0.717, 1.165) is 31.4 Å². The number of nitrogens with one attached hydrogen (secondary N) is 2. The second-order valence-electron chi connectivity index (χ2n) is 7.43. The van der Waals surface area contributed by atoms with Crippen LogP contribution in [0.15, 0.2) is 0 Å². The Morgan fingerprint density at radius 1 is 1.15 bits per heavy atom. The minimum atomic E-state index is -0.346. The van der Waals surface area contributed by atoms with Crippen molar-refractivity contribution >= 4 is 29.5 Å². The van der Waals surface area contributed by atoms with Crippen LogP contribution in [0.5, 0.6) is 0 Å². The normalized spacial score (nSPS) is 20.7. The maximum Gasteiger partial charge on any atom is 0.236 e. The van der Waals surface area contributed by atoms with Crippen molar-refractivity contribution < 1.29 is 14.4 Å². The van der Waals surface area contributed by atoms with Gasteiger partial charge < -0.3 is 15.5 Å². The number of piperazine rings is 1. The predicted octanol–water partition coefficient (Wildman–Crippen LogP) is 0.449. The van der Waals surface area contributed by atoms with E-state index in [1.54, 1.807) is 23.7 Å². The van der Waals surface area contributed by atoms with Crippen LogP contribution in [0, 0.1) is 0 Å². The van der Waals surface area contributed by atoms with E-state index in [1.165, 1.54) is 6.42 Å². The van der Waals surface area contributed by atoms with E-state index in [2.05, 4.69) is 10.6 Å². The molecule has 0 aromatic carbocycles. The van der Waals surface area contributed by atoms with Gasteiger partial charge in [-0.05, 0) is 19.1 Å². The summed E-state index contributed by atoms with van der Waals surface area (Å²) in [6.45, 7) is 2.40. The zero-order valence-corrected chi connectivity index (χ0v) is 16.8. The number of rotatable bonds is 8. The standard InChI is InChI=1S/C18H32N4O3S/c1-21-9-10-22(13-17(21)25)12-16(24)20-18(7-4-3-5-8-18)14-19-15(23)6-11-26-2/h3-14H2,1-2H3,(H,19,23)(H,20,24). The smallest absolute Gasteiger partial charge is 0.236 e. The molecule has 26 heavy (non-hydrogen) atoms. The highest BCUT2D eigenvalue weighted by atomic mass is 32.2. The molecule has 0 aromatic heterocycles. The monoisotopic (exact) mass is 384 g/mol. The molecule has 0 bridgehead atoms. The zero-order valence-electron chi connectivity index (χ0n) is 16.0. The fourth-order valence-corrected chi connectivity index (χ4v) is 4.00. The third kappa shape index (κ3) is 6.46. The molecular weight excluding hydrogens is 352 g/mol. The Kier molecular flexibility index (Phi) is 8.21. The average molecular weight is 385 g/mol. The Morgan fingerprint density at radius 3 is 2.54 bits per heavy atom. The number of carbonyl (C=O) groups is 3. The van der Waals surface area contributed by atoms with Crippen LogP contribution in [0.25, 0.3) is 0 Å². The highest BCUT2D eigenvalue weighted by Gasteiger charge is 2.34. The van der Waals surface area contributed by atoms with Crippen LogP contribution in [0.3, 0.4) is 0 Å².